The summed E-state index contributed by atoms with van der Waals surface area (Å²) in [5.74, 6) is 0.218. The van der Waals surface area contributed by atoms with Gasteiger partial charge >= 0.3 is 0 Å². The minimum atomic E-state index is -0.289. The largest absolute Gasteiger partial charge is 0.497 e. The predicted molar refractivity (Wildman–Crippen MR) is 74.7 cm³/mol. The molecule has 0 aliphatic heterocycles. The number of benzene rings is 2. The van der Waals surface area contributed by atoms with Crippen molar-refractivity contribution in [2.24, 2.45) is 0 Å². The van der Waals surface area contributed by atoms with Crippen LogP contribution in [0.3, 0.4) is 0 Å². The van der Waals surface area contributed by atoms with E-state index in [1.807, 2.05) is 18.2 Å². The zero-order valence-corrected chi connectivity index (χ0v) is 11.2. The summed E-state index contributed by atoms with van der Waals surface area (Å²) in [6, 6.07) is 14.2. The van der Waals surface area contributed by atoms with Crippen molar-refractivity contribution in [1.82, 2.24) is 5.32 Å². The van der Waals surface area contributed by atoms with Gasteiger partial charge in [-0.25, -0.2) is 4.39 Å². The summed E-state index contributed by atoms with van der Waals surface area (Å²) in [5.41, 5.74) is 2.21. The highest BCUT2D eigenvalue weighted by Gasteiger charge is 2.03. The fraction of sp³-hybridized carbons (Fsp3) is 0.188. The number of rotatable bonds is 5. The van der Waals surface area contributed by atoms with Gasteiger partial charge in [0.1, 0.15) is 11.6 Å². The van der Waals surface area contributed by atoms with Crippen LogP contribution in [0.5, 0.6) is 5.75 Å². The van der Waals surface area contributed by atoms with Crippen molar-refractivity contribution < 1.29 is 9.13 Å². The number of halogens is 1. The van der Waals surface area contributed by atoms with Crippen LogP contribution in [0.2, 0.25) is 0 Å². The van der Waals surface area contributed by atoms with Crippen LogP contribution in [0.15, 0.2) is 42.5 Å². The van der Waals surface area contributed by atoms with Crippen LogP contribution in [-0.2, 0) is 13.1 Å². The average Bonchev–Trinajstić information content (AvgIpc) is 2.49. The normalized spacial score (nSPS) is 10.1. The zero-order valence-electron chi connectivity index (χ0n) is 11.2. The maximum Gasteiger partial charge on any atom is 0.131 e. The van der Waals surface area contributed by atoms with Gasteiger partial charge in [-0.1, -0.05) is 18.2 Å². The van der Waals surface area contributed by atoms with Gasteiger partial charge in [0, 0.05) is 24.7 Å². The van der Waals surface area contributed by atoms with E-state index in [9.17, 15) is 4.39 Å². The van der Waals surface area contributed by atoms with Crippen LogP contribution < -0.4 is 10.1 Å². The fourth-order valence-corrected chi connectivity index (χ4v) is 1.89. The molecule has 102 valence electrons. The molecule has 4 heteroatoms. The van der Waals surface area contributed by atoms with E-state index < -0.39 is 0 Å². The second-order valence-electron chi connectivity index (χ2n) is 4.37. The first kappa shape index (κ1) is 14.0. The molecule has 2 aromatic carbocycles. The quantitative estimate of drug-likeness (QED) is 0.908. The molecule has 0 atom stereocenters. The molecular weight excluding hydrogens is 255 g/mol. The smallest absolute Gasteiger partial charge is 0.131 e. The van der Waals surface area contributed by atoms with Crippen LogP contribution in [0.4, 0.5) is 4.39 Å². The molecule has 0 amide bonds. The highest BCUT2D eigenvalue weighted by molar-refractivity contribution is 5.33. The molecule has 1 N–H and O–H groups in total. The van der Waals surface area contributed by atoms with E-state index in [1.165, 1.54) is 13.2 Å². The monoisotopic (exact) mass is 270 g/mol. The van der Waals surface area contributed by atoms with Gasteiger partial charge in [-0.2, -0.15) is 5.26 Å². The first-order valence-corrected chi connectivity index (χ1v) is 6.25. The summed E-state index contributed by atoms with van der Waals surface area (Å²) in [7, 11) is 1.51. The molecule has 0 aromatic heterocycles. The Morgan fingerprint density at radius 2 is 2.05 bits per heavy atom. The van der Waals surface area contributed by atoms with Gasteiger partial charge < -0.3 is 10.1 Å². The van der Waals surface area contributed by atoms with Crippen molar-refractivity contribution in [3.05, 3.63) is 65.0 Å². The third kappa shape index (κ3) is 3.56. The number of ether oxygens (including phenoxy) is 1. The fourth-order valence-electron chi connectivity index (χ4n) is 1.89. The molecule has 0 radical (unpaired) electrons. The highest BCUT2D eigenvalue weighted by Crippen LogP contribution is 2.16. The number of hydrogen-bond acceptors (Lipinski definition) is 3. The van der Waals surface area contributed by atoms with Gasteiger partial charge in [-0.15, -0.1) is 0 Å². The Kier molecular flexibility index (Phi) is 4.70. The Hall–Kier alpha value is -2.38. The second kappa shape index (κ2) is 6.69. The van der Waals surface area contributed by atoms with E-state index in [4.69, 9.17) is 10.00 Å². The topological polar surface area (TPSA) is 45.0 Å². The number of nitrogens with one attached hydrogen (secondary N) is 1. The van der Waals surface area contributed by atoms with E-state index in [1.54, 1.807) is 18.2 Å². The van der Waals surface area contributed by atoms with Crippen LogP contribution in [-0.4, -0.2) is 7.11 Å². The van der Waals surface area contributed by atoms with Crippen LogP contribution >= 0.6 is 0 Å². The molecule has 0 aliphatic rings. The molecule has 0 unspecified atom stereocenters. The van der Waals surface area contributed by atoms with Crippen molar-refractivity contribution in [3.63, 3.8) is 0 Å². The number of methoxy groups -OCH3 is 1. The Morgan fingerprint density at radius 3 is 2.75 bits per heavy atom. The van der Waals surface area contributed by atoms with Crippen LogP contribution in [0.25, 0.3) is 0 Å². The minimum absolute atomic E-state index is 0.289. The molecule has 0 bridgehead atoms. The van der Waals surface area contributed by atoms with Gasteiger partial charge in [0.25, 0.3) is 0 Å². The number of nitrogens with zero attached hydrogens (tertiary/aromatic N) is 1. The maximum absolute atomic E-state index is 13.7. The van der Waals surface area contributed by atoms with Crippen molar-refractivity contribution >= 4 is 0 Å². The number of nitriles is 1. The third-order valence-electron chi connectivity index (χ3n) is 2.96. The Morgan fingerprint density at radius 1 is 1.20 bits per heavy atom. The predicted octanol–water partition coefficient (Wildman–Crippen LogP) is 3.00. The van der Waals surface area contributed by atoms with Gasteiger partial charge in [-0.05, 0) is 23.8 Å². The molecule has 2 aromatic rings. The first-order chi connectivity index (χ1) is 9.72. The zero-order chi connectivity index (χ0) is 14.4. The molecular formula is C16H15FN2O. The number of hydrogen-bond donors (Lipinski definition) is 1. The Bertz CT molecular complexity index is 635. The van der Waals surface area contributed by atoms with E-state index in [0.29, 0.717) is 30.0 Å². The van der Waals surface area contributed by atoms with Gasteiger partial charge in [0.2, 0.25) is 0 Å². The Balaban J connectivity index is 1.94. The Labute approximate surface area is 117 Å². The summed E-state index contributed by atoms with van der Waals surface area (Å²) in [6.45, 7) is 1.01. The lowest BCUT2D eigenvalue weighted by Gasteiger charge is -2.08. The first-order valence-electron chi connectivity index (χ1n) is 6.25. The molecule has 0 aliphatic carbocycles. The van der Waals surface area contributed by atoms with E-state index in [0.717, 1.165) is 5.56 Å². The molecule has 2 rings (SSSR count). The molecule has 3 nitrogen and oxygen atoms in total. The maximum atomic E-state index is 13.7. The van der Waals surface area contributed by atoms with Gasteiger partial charge in [0.15, 0.2) is 0 Å². The summed E-state index contributed by atoms with van der Waals surface area (Å²) in [5, 5.41) is 12.0. The molecule has 0 spiro atoms. The van der Waals surface area contributed by atoms with E-state index in [-0.39, 0.29) is 5.82 Å². The van der Waals surface area contributed by atoms with Gasteiger partial charge in [-0.3, -0.25) is 0 Å². The van der Waals surface area contributed by atoms with Crippen molar-refractivity contribution in [2.75, 3.05) is 7.11 Å². The molecule has 20 heavy (non-hydrogen) atoms. The SMILES string of the molecule is COc1ccc(CNCc2cccc(C#N)c2)c(F)c1. The average molecular weight is 270 g/mol. The summed E-state index contributed by atoms with van der Waals surface area (Å²) < 4.78 is 18.7. The summed E-state index contributed by atoms with van der Waals surface area (Å²) >= 11 is 0. The molecule has 0 fully saturated rings. The lowest BCUT2D eigenvalue weighted by atomic mass is 10.1. The highest BCUT2D eigenvalue weighted by atomic mass is 19.1. The molecule has 0 heterocycles. The standard InChI is InChI=1S/C16H15FN2O/c1-20-15-6-5-14(16(17)8-15)11-19-10-13-4-2-3-12(7-13)9-18/h2-8,19H,10-11H2,1H3. The third-order valence-corrected chi connectivity index (χ3v) is 2.96. The van der Waals surface area contributed by atoms with Crippen molar-refractivity contribution in [3.8, 4) is 11.8 Å². The summed E-state index contributed by atoms with van der Waals surface area (Å²) in [6.07, 6.45) is 0. The van der Waals surface area contributed by atoms with Crippen LogP contribution in [0, 0.1) is 17.1 Å². The lowest BCUT2D eigenvalue weighted by molar-refractivity contribution is 0.410. The molecule has 0 saturated heterocycles. The summed E-state index contributed by atoms with van der Waals surface area (Å²) in [4.78, 5) is 0. The van der Waals surface area contributed by atoms with Crippen LogP contribution in [0.1, 0.15) is 16.7 Å². The second-order valence-corrected chi connectivity index (χ2v) is 4.37. The molecule has 0 saturated carbocycles. The van der Waals surface area contributed by atoms with Crippen molar-refractivity contribution in [2.45, 2.75) is 13.1 Å². The van der Waals surface area contributed by atoms with E-state index >= 15 is 0 Å². The van der Waals surface area contributed by atoms with Crippen molar-refractivity contribution in [1.29, 1.82) is 5.26 Å². The minimum Gasteiger partial charge on any atom is -0.497 e. The van der Waals surface area contributed by atoms with E-state index in [2.05, 4.69) is 11.4 Å². The van der Waals surface area contributed by atoms with Gasteiger partial charge in [0.05, 0.1) is 18.7 Å². The lowest BCUT2D eigenvalue weighted by Crippen LogP contribution is -2.13.